The Hall–Kier alpha value is -1.74. The molecule has 0 aromatic heterocycles. The van der Waals surface area contributed by atoms with Gasteiger partial charge < -0.3 is 9.47 Å². The number of carbonyl (C=O) groups excluding carboxylic acids is 2. The Morgan fingerprint density at radius 1 is 0.556 bits per heavy atom. The summed E-state index contributed by atoms with van der Waals surface area (Å²) >= 11 is 6.88. The Bertz CT molecular complexity index is 1650. The van der Waals surface area contributed by atoms with Gasteiger partial charge in [-0.1, -0.05) is 95.6 Å². The van der Waals surface area contributed by atoms with E-state index in [0.29, 0.717) is 11.8 Å². The van der Waals surface area contributed by atoms with E-state index in [0.717, 1.165) is 19.6 Å². The first kappa shape index (κ1) is 33.2. The van der Waals surface area contributed by atoms with Crippen molar-refractivity contribution >= 4 is 89.0 Å². The fourth-order valence-electron chi connectivity index (χ4n) is 5.28. The molecule has 9 heteroatoms. The smallest absolute Gasteiger partial charge is 0.460 e. The molecule has 3 aromatic rings. The van der Waals surface area contributed by atoms with Crippen LogP contribution >= 0.6 is 47.0 Å². The third-order valence-electron chi connectivity index (χ3n) is 7.51. The number of ether oxygens (including phenoxy) is 2. The van der Waals surface area contributed by atoms with Crippen molar-refractivity contribution in [3.63, 3.8) is 0 Å². The van der Waals surface area contributed by atoms with Crippen LogP contribution in [0.2, 0.25) is 0 Å². The molecular formula is C36H26FeO4S4+2. The number of hydrogen-bond donors (Lipinski definition) is 0. The summed E-state index contributed by atoms with van der Waals surface area (Å²) in [5.41, 5.74) is 0. The summed E-state index contributed by atoms with van der Waals surface area (Å²) in [5.74, 6) is 0.539. The van der Waals surface area contributed by atoms with E-state index < -0.39 is 0 Å². The van der Waals surface area contributed by atoms with Crippen molar-refractivity contribution < 1.29 is 36.1 Å². The Kier molecular flexibility index (Phi) is 10.7. The van der Waals surface area contributed by atoms with E-state index in [4.69, 9.17) is 9.47 Å². The number of rotatable bonds is 6. The summed E-state index contributed by atoms with van der Waals surface area (Å²) < 4.78 is 13.7. The molecule has 224 valence electrons. The maximum Gasteiger partial charge on any atom is 2.00 e. The zero-order valence-corrected chi connectivity index (χ0v) is 28.6. The van der Waals surface area contributed by atoms with Gasteiger partial charge in [0.1, 0.15) is 13.2 Å². The van der Waals surface area contributed by atoms with Crippen LogP contribution in [-0.4, -0.2) is 25.2 Å². The molecule has 2 aliphatic carbocycles. The topological polar surface area (TPSA) is 52.6 Å². The number of allylic oxidation sites excluding steroid dienone is 2. The predicted molar refractivity (Wildman–Crippen MR) is 186 cm³/mol. The molecule has 0 amide bonds. The van der Waals surface area contributed by atoms with Gasteiger partial charge in [-0.3, -0.25) is 9.59 Å². The van der Waals surface area contributed by atoms with Gasteiger partial charge in [0.25, 0.3) is 0 Å². The zero-order valence-electron chi connectivity index (χ0n) is 24.3. The van der Waals surface area contributed by atoms with Gasteiger partial charge in [-0.2, -0.15) is 0 Å². The van der Waals surface area contributed by atoms with E-state index in [1.54, 1.807) is 72.7 Å². The van der Waals surface area contributed by atoms with Gasteiger partial charge in [0, 0.05) is 30.1 Å². The van der Waals surface area contributed by atoms with Crippen molar-refractivity contribution in [1.82, 2.24) is 0 Å². The minimum atomic E-state index is -0.304. The first-order valence-corrected chi connectivity index (χ1v) is 17.3. The molecule has 0 bridgehead atoms. The summed E-state index contributed by atoms with van der Waals surface area (Å²) in [7, 11) is 0. The van der Waals surface area contributed by atoms with Crippen molar-refractivity contribution in [2.24, 2.45) is 0 Å². The van der Waals surface area contributed by atoms with E-state index in [9.17, 15) is 9.59 Å². The van der Waals surface area contributed by atoms with Gasteiger partial charge in [-0.25, -0.2) is 0 Å². The largest absolute Gasteiger partial charge is 2.00 e. The van der Waals surface area contributed by atoms with Crippen LogP contribution in [0.1, 0.15) is 13.8 Å². The summed E-state index contributed by atoms with van der Waals surface area (Å²) in [5, 5.41) is 7.13. The minimum Gasteiger partial charge on any atom is -0.460 e. The standard InChI is InChI=1S/C36H26O4S4.Fe/c1-21-29(19-39-33(37)23-11-3-4-12-23)43-35(41-21)31-25-15-7-9-17-27(25)32(28-18-10-8-16-26(28)31)36-42-22(2)30(44-36)20-40-34(38)24-13-5-6-14-24;/h3-18H,19-20H2,1-2H3;/q;+2. The number of thioether (sulfide) groups is 4. The molecule has 0 unspecified atom stereocenters. The van der Waals surface area contributed by atoms with Crippen LogP contribution in [0.25, 0.3) is 30.0 Å². The SMILES string of the molecule is CC1=C(COC(=O)[C]2[CH][CH][CH][CH]2)SC(=c2c3ccccc3c(=C3SC(C)=C(COC(=O)[C]4[CH][CH][CH][CH]4)S3)c3ccccc23)S1.[Fe+2]. The van der Waals surface area contributed by atoms with Crippen LogP contribution in [0, 0.1) is 63.2 Å². The van der Waals surface area contributed by atoms with E-state index >= 15 is 0 Å². The molecule has 4 aliphatic rings. The molecule has 45 heavy (non-hydrogen) atoms. The summed E-state index contributed by atoms with van der Waals surface area (Å²) in [6.07, 6.45) is 14.4. The Balaban J connectivity index is 0.00000357. The molecular weight excluding hydrogens is 681 g/mol. The van der Waals surface area contributed by atoms with Gasteiger partial charge in [0.15, 0.2) is 0 Å². The third kappa shape index (κ3) is 6.81. The molecule has 0 N–H and O–H groups in total. The summed E-state index contributed by atoms with van der Waals surface area (Å²) in [4.78, 5) is 29.4. The van der Waals surface area contributed by atoms with Crippen LogP contribution in [0.3, 0.4) is 0 Å². The van der Waals surface area contributed by atoms with Crippen molar-refractivity contribution in [2.45, 2.75) is 13.8 Å². The second-order valence-corrected chi connectivity index (χ2v) is 15.5. The van der Waals surface area contributed by atoms with Gasteiger partial charge in [0.05, 0.1) is 20.3 Å². The average Bonchev–Trinajstić information content (AvgIpc) is 3.86. The molecule has 4 nitrogen and oxygen atoms in total. The average molecular weight is 707 g/mol. The fraction of sp³-hybridized carbons (Fsp3) is 0.111. The normalized spacial score (nSPS) is 19.3. The second kappa shape index (κ2) is 14.6. The van der Waals surface area contributed by atoms with Crippen molar-refractivity contribution in [1.29, 1.82) is 0 Å². The number of esters is 2. The third-order valence-corrected chi connectivity index (χ3v) is 12.8. The molecule has 10 radical (unpaired) electrons. The molecule has 2 saturated carbocycles. The van der Waals surface area contributed by atoms with Gasteiger partial charge in [-0.05, 0) is 86.8 Å². The van der Waals surface area contributed by atoms with Crippen molar-refractivity contribution in [3.05, 3.63) is 142 Å². The monoisotopic (exact) mass is 706 g/mol. The summed E-state index contributed by atoms with van der Waals surface area (Å²) in [6.45, 7) is 4.69. The number of hydrogen-bond acceptors (Lipinski definition) is 8. The number of fused-ring (bicyclic) bond motifs is 2. The maximum absolute atomic E-state index is 12.5. The molecule has 2 aliphatic heterocycles. The second-order valence-electron chi connectivity index (χ2n) is 10.3. The fourth-order valence-corrected chi connectivity index (χ4v) is 10.6. The molecule has 2 fully saturated rings. The number of benzene rings is 3. The Morgan fingerprint density at radius 2 is 0.889 bits per heavy atom. The van der Waals surface area contributed by atoms with Gasteiger partial charge >= 0.3 is 29.0 Å². The Morgan fingerprint density at radius 3 is 1.22 bits per heavy atom. The number of carbonyl (C=O) groups is 2. The zero-order chi connectivity index (χ0) is 30.2. The molecule has 0 saturated heterocycles. The van der Waals surface area contributed by atoms with Crippen LogP contribution < -0.4 is 10.4 Å². The molecule has 0 spiro atoms. The van der Waals surface area contributed by atoms with E-state index in [-0.39, 0.29) is 42.2 Å². The van der Waals surface area contributed by atoms with Gasteiger partial charge in [-0.15, -0.1) is 0 Å². The quantitative estimate of drug-likeness (QED) is 0.149. The molecule has 3 aromatic carbocycles. The maximum atomic E-state index is 12.5. The van der Waals surface area contributed by atoms with Crippen molar-refractivity contribution in [3.8, 4) is 0 Å². The minimum absolute atomic E-state index is 0. The van der Waals surface area contributed by atoms with Crippen molar-refractivity contribution in [2.75, 3.05) is 13.2 Å². The van der Waals surface area contributed by atoms with E-state index in [2.05, 4.69) is 62.4 Å². The van der Waals surface area contributed by atoms with E-state index in [1.165, 1.54) is 40.5 Å². The van der Waals surface area contributed by atoms with Crippen LogP contribution in [0.4, 0.5) is 0 Å². The molecule has 2 heterocycles. The first-order chi connectivity index (χ1) is 21.5. The molecule has 0 atom stereocenters. The van der Waals surface area contributed by atoms with Crippen LogP contribution in [0.5, 0.6) is 0 Å². The van der Waals surface area contributed by atoms with Gasteiger partial charge in [0.2, 0.25) is 0 Å². The Labute approximate surface area is 292 Å². The van der Waals surface area contributed by atoms with Crippen LogP contribution in [0.15, 0.2) is 68.2 Å². The predicted octanol–water partition coefficient (Wildman–Crippen LogP) is 7.44. The van der Waals surface area contributed by atoms with E-state index in [1.807, 2.05) is 25.7 Å². The first-order valence-electron chi connectivity index (χ1n) is 14.0. The summed E-state index contributed by atoms with van der Waals surface area (Å²) in [6, 6.07) is 17.2. The van der Waals surface area contributed by atoms with Crippen LogP contribution in [-0.2, 0) is 36.1 Å². The molecule has 7 rings (SSSR count).